The van der Waals surface area contributed by atoms with Crippen molar-refractivity contribution in [2.24, 2.45) is 5.92 Å². The van der Waals surface area contributed by atoms with Crippen molar-refractivity contribution in [3.8, 4) is 5.75 Å². The Morgan fingerprint density at radius 1 is 0.914 bits per heavy atom. The van der Waals surface area contributed by atoms with Crippen LogP contribution in [-0.2, 0) is 27.3 Å². The molecule has 1 aliphatic carbocycles. The standard InChI is InChI=1S/C29H31NO5/c1-2-11-28(31)35-34-27-19-10-13-23-20-22(12-9-18-26(23)27)21-33-29(32)30(24-14-5-3-6-15-24)25-16-7-4-8-17-25/h3-8,10,13-17,19,22H,2,9,11-12,18,20-21H2,1H3. The predicted octanol–water partition coefficient (Wildman–Crippen LogP) is 6.79. The summed E-state index contributed by atoms with van der Waals surface area (Å²) in [5.74, 6) is 0.403. The zero-order valence-corrected chi connectivity index (χ0v) is 20.0. The summed E-state index contributed by atoms with van der Waals surface area (Å²) in [4.78, 5) is 36.9. The molecule has 6 nitrogen and oxygen atoms in total. The van der Waals surface area contributed by atoms with E-state index in [1.54, 1.807) is 4.90 Å². The van der Waals surface area contributed by atoms with Crippen molar-refractivity contribution >= 4 is 23.4 Å². The monoisotopic (exact) mass is 473 g/mol. The number of anilines is 2. The molecule has 0 spiro atoms. The summed E-state index contributed by atoms with van der Waals surface area (Å²) in [5, 5.41) is 0. The molecule has 1 aliphatic rings. The molecule has 0 aromatic heterocycles. The molecule has 0 fully saturated rings. The quantitative estimate of drug-likeness (QED) is 0.205. The van der Waals surface area contributed by atoms with Crippen LogP contribution in [0.3, 0.4) is 0 Å². The highest BCUT2D eigenvalue weighted by atomic mass is 17.2. The van der Waals surface area contributed by atoms with Crippen molar-refractivity contribution in [2.45, 2.75) is 45.4 Å². The third-order valence-electron chi connectivity index (χ3n) is 6.11. The van der Waals surface area contributed by atoms with Crippen LogP contribution in [-0.4, -0.2) is 18.7 Å². The van der Waals surface area contributed by atoms with Crippen molar-refractivity contribution in [3.63, 3.8) is 0 Å². The number of ether oxygens (including phenoxy) is 1. The summed E-state index contributed by atoms with van der Waals surface area (Å²) >= 11 is 0. The molecular weight excluding hydrogens is 442 g/mol. The van der Waals surface area contributed by atoms with Gasteiger partial charge in [-0.2, -0.15) is 0 Å². The lowest BCUT2D eigenvalue weighted by Gasteiger charge is -2.24. The second kappa shape index (κ2) is 12.1. The molecule has 0 aliphatic heterocycles. The van der Waals surface area contributed by atoms with Gasteiger partial charge >= 0.3 is 12.1 Å². The van der Waals surface area contributed by atoms with Gasteiger partial charge in [0.1, 0.15) is 0 Å². The molecule has 182 valence electrons. The summed E-state index contributed by atoms with van der Waals surface area (Å²) in [7, 11) is 0. The largest absolute Gasteiger partial charge is 0.449 e. The Morgan fingerprint density at radius 2 is 1.60 bits per heavy atom. The van der Waals surface area contributed by atoms with Gasteiger partial charge in [0.25, 0.3) is 0 Å². The number of hydrogen-bond acceptors (Lipinski definition) is 5. The Morgan fingerprint density at radius 3 is 2.26 bits per heavy atom. The first kappa shape index (κ1) is 24.3. The summed E-state index contributed by atoms with van der Waals surface area (Å²) in [6.07, 6.45) is 4.08. The van der Waals surface area contributed by atoms with E-state index < -0.39 is 6.09 Å². The number of rotatable bonds is 8. The predicted molar refractivity (Wildman–Crippen MR) is 135 cm³/mol. The van der Waals surface area contributed by atoms with E-state index in [-0.39, 0.29) is 11.9 Å². The zero-order chi connectivity index (χ0) is 24.5. The molecule has 0 heterocycles. The normalized spacial score (nSPS) is 14.8. The molecule has 3 aromatic carbocycles. The van der Waals surface area contributed by atoms with E-state index in [1.807, 2.05) is 79.7 Å². The number of nitrogens with zero attached hydrogens (tertiary/aromatic N) is 1. The van der Waals surface area contributed by atoms with E-state index in [9.17, 15) is 9.59 Å². The molecule has 35 heavy (non-hydrogen) atoms. The number of carbonyl (C=O) groups is 2. The van der Waals surface area contributed by atoms with Gasteiger partial charge in [-0.1, -0.05) is 55.5 Å². The first-order valence-electron chi connectivity index (χ1n) is 12.2. The maximum Gasteiger partial charge on any atom is 0.418 e. The van der Waals surface area contributed by atoms with Crippen LogP contribution >= 0.6 is 0 Å². The minimum Gasteiger partial charge on any atom is -0.449 e. The van der Waals surface area contributed by atoms with E-state index in [2.05, 4.69) is 6.07 Å². The SMILES string of the molecule is CCCC(=O)OOc1cccc2c1CCCC(COC(=O)N(c1ccccc1)c1ccccc1)C2. The fraction of sp³-hybridized carbons (Fsp3) is 0.310. The first-order chi connectivity index (χ1) is 17.2. The van der Waals surface area contributed by atoms with Gasteiger partial charge in [0.2, 0.25) is 0 Å². The number of carbonyl (C=O) groups excluding carboxylic acids is 2. The topological polar surface area (TPSA) is 65.1 Å². The van der Waals surface area contributed by atoms with Crippen LogP contribution in [0, 0.1) is 5.92 Å². The number of fused-ring (bicyclic) bond motifs is 1. The van der Waals surface area contributed by atoms with Crippen LogP contribution in [0.2, 0.25) is 0 Å². The maximum absolute atomic E-state index is 13.2. The van der Waals surface area contributed by atoms with Crippen LogP contribution in [0.4, 0.5) is 16.2 Å². The van der Waals surface area contributed by atoms with Crippen LogP contribution in [0.1, 0.15) is 43.7 Å². The highest BCUT2D eigenvalue weighted by Gasteiger charge is 2.24. The first-order valence-corrected chi connectivity index (χ1v) is 12.2. The Bertz CT molecular complexity index is 1080. The fourth-order valence-corrected chi connectivity index (χ4v) is 4.39. The maximum atomic E-state index is 13.2. The average molecular weight is 474 g/mol. The van der Waals surface area contributed by atoms with Gasteiger partial charge in [-0.05, 0) is 73.9 Å². The van der Waals surface area contributed by atoms with Gasteiger partial charge in [-0.15, -0.1) is 0 Å². The molecular formula is C29H31NO5. The van der Waals surface area contributed by atoms with Crippen molar-refractivity contribution in [1.82, 2.24) is 0 Å². The zero-order valence-electron chi connectivity index (χ0n) is 20.0. The molecule has 4 rings (SSSR count). The molecule has 0 saturated carbocycles. The van der Waals surface area contributed by atoms with Gasteiger partial charge in [-0.25, -0.2) is 14.5 Å². The van der Waals surface area contributed by atoms with Crippen LogP contribution in [0.5, 0.6) is 5.75 Å². The average Bonchev–Trinajstić information content (AvgIpc) is 3.10. The van der Waals surface area contributed by atoms with E-state index in [1.165, 1.54) is 0 Å². The number of para-hydroxylation sites is 2. The highest BCUT2D eigenvalue weighted by molar-refractivity contribution is 5.95. The van der Waals surface area contributed by atoms with Gasteiger partial charge in [0.05, 0.1) is 18.0 Å². The lowest BCUT2D eigenvalue weighted by atomic mass is 9.97. The van der Waals surface area contributed by atoms with E-state index in [4.69, 9.17) is 14.5 Å². The summed E-state index contributed by atoms with van der Waals surface area (Å²) in [6, 6.07) is 24.8. The lowest BCUT2D eigenvalue weighted by molar-refractivity contribution is -0.214. The lowest BCUT2D eigenvalue weighted by Crippen LogP contribution is -2.29. The van der Waals surface area contributed by atoms with Gasteiger partial charge < -0.3 is 4.74 Å². The van der Waals surface area contributed by atoms with Crippen molar-refractivity contribution < 1.29 is 24.1 Å². The molecule has 0 saturated heterocycles. The molecule has 3 aromatic rings. The van der Waals surface area contributed by atoms with Crippen molar-refractivity contribution in [2.75, 3.05) is 11.5 Å². The van der Waals surface area contributed by atoms with Crippen LogP contribution in [0.25, 0.3) is 0 Å². The molecule has 1 atom stereocenters. The minimum absolute atomic E-state index is 0.187. The number of hydrogen-bond donors (Lipinski definition) is 0. The molecule has 1 unspecified atom stereocenters. The Kier molecular flexibility index (Phi) is 8.39. The number of amides is 1. The summed E-state index contributed by atoms with van der Waals surface area (Å²) < 4.78 is 5.85. The van der Waals surface area contributed by atoms with Gasteiger partial charge in [0.15, 0.2) is 5.75 Å². The third-order valence-corrected chi connectivity index (χ3v) is 6.11. The van der Waals surface area contributed by atoms with Crippen molar-refractivity contribution in [1.29, 1.82) is 0 Å². The van der Waals surface area contributed by atoms with Crippen LogP contribution in [0.15, 0.2) is 78.9 Å². The second-order valence-corrected chi connectivity index (χ2v) is 8.73. The number of benzene rings is 3. The van der Waals surface area contributed by atoms with E-state index in [0.717, 1.165) is 48.2 Å². The van der Waals surface area contributed by atoms with E-state index >= 15 is 0 Å². The Labute approximate surface area is 206 Å². The van der Waals surface area contributed by atoms with E-state index in [0.29, 0.717) is 25.2 Å². The molecule has 0 radical (unpaired) electrons. The smallest absolute Gasteiger partial charge is 0.418 e. The fourth-order valence-electron chi connectivity index (χ4n) is 4.39. The van der Waals surface area contributed by atoms with Crippen LogP contribution < -0.4 is 9.79 Å². The molecule has 6 heteroatoms. The molecule has 0 bridgehead atoms. The second-order valence-electron chi connectivity index (χ2n) is 8.73. The Hall–Kier alpha value is -3.80. The summed E-state index contributed by atoms with van der Waals surface area (Å²) in [5.41, 5.74) is 3.71. The van der Waals surface area contributed by atoms with Gasteiger partial charge in [-0.3, -0.25) is 9.78 Å². The summed E-state index contributed by atoms with van der Waals surface area (Å²) in [6.45, 7) is 2.24. The Balaban J connectivity index is 1.43. The molecule has 0 N–H and O–H groups in total. The molecule has 1 amide bonds. The third kappa shape index (κ3) is 6.41. The minimum atomic E-state index is -0.396. The van der Waals surface area contributed by atoms with Gasteiger partial charge in [0, 0.05) is 12.0 Å². The van der Waals surface area contributed by atoms with Crippen molar-refractivity contribution in [3.05, 3.63) is 90.0 Å². The highest BCUT2D eigenvalue weighted by Crippen LogP contribution is 2.32.